The molecule has 1 aliphatic carbocycles. The zero-order valence-electron chi connectivity index (χ0n) is 16.0. The van der Waals surface area contributed by atoms with Crippen molar-refractivity contribution in [2.45, 2.75) is 39.2 Å². The fourth-order valence-electron chi connectivity index (χ4n) is 3.43. The van der Waals surface area contributed by atoms with Crippen molar-refractivity contribution in [3.05, 3.63) is 65.0 Å². The Morgan fingerprint density at radius 2 is 1.93 bits per heavy atom. The first-order chi connectivity index (χ1) is 13.5. The van der Waals surface area contributed by atoms with Crippen LogP contribution >= 0.6 is 0 Å². The molecule has 4 rings (SSSR count). The van der Waals surface area contributed by atoms with Crippen LogP contribution in [-0.2, 0) is 6.42 Å². The number of carboxylic acids is 1. The van der Waals surface area contributed by atoms with Gasteiger partial charge in [0.05, 0.1) is 0 Å². The topological polar surface area (TPSA) is 79.3 Å². The predicted molar refractivity (Wildman–Crippen MR) is 109 cm³/mol. The summed E-state index contributed by atoms with van der Waals surface area (Å²) in [5.41, 5.74) is 4.54. The van der Waals surface area contributed by atoms with Gasteiger partial charge in [0.25, 0.3) is 5.91 Å². The summed E-state index contributed by atoms with van der Waals surface area (Å²) < 4.78 is 0. The van der Waals surface area contributed by atoms with Crippen molar-refractivity contribution in [3.63, 3.8) is 0 Å². The van der Waals surface area contributed by atoms with E-state index in [1.165, 1.54) is 0 Å². The number of hydrogen-bond acceptors (Lipinski definition) is 3. The van der Waals surface area contributed by atoms with Gasteiger partial charge < -0.3 is 10.4 Å². The minimum Gasteiger partial charge on any atom is -0.477 e. The number of nitrogens with one attached hydrogen (secondary N) is 1. The maximum atomic E-state index is 12.4. The molecule has 0 bridgehead atoms. The van der Waals surface area contributed by atoms with Gasteiger partial charge in [0.2, 0.25) is 0 Å². The van der Waals surface area contributed by atoms with Gasteiger partial charge in [0, 0.05) is 22.7 Å². The number of aromatic nitrogens is 1. The van der Waals surface area contributed by atoms with E-state index in [0.717, 1.165) is 46.0 Å². The van der Waals surface area contributed by atoms with E-state index >= 15 is 0 Å². The summed E-state index contributed by atoms with van der Waals surface area (Å²) in [4.78, 5) is 28.1. The van der Waals surface area contributed by atoms with Gasteiger partial charge in [0.1, 0.15) is 5.69 Å². The predicted octanol–water partition coefficient (Wildman–Crippen LogP) is 4.36. The molecule has 142 valence electrons. The zero-order valence-corrected chi connectivity index (χ0v) is 16.0. The third-order valence-corrected chi connectivity index (χ3v) is 5.19. The lowest BCUT2D eigenvalue weighted by Gasteiger charge is -2.12. The molecule has 0 saturated heterocycles. The van der Waals surface area contributed by atoms with E-state index < -0.39 is 5.97 Å². The van der Waals surface area contributed by atoms with Crippen LogP contribution in [0.4, 0.5) is 0 Å². The molecule has 0 atom stereocenters. The molecule has 0 radical (unpaired) electrons. The molecule has 0 aliphatic heterocycles. The van der Waals surface area contributed by atoms with Gasteiger partial charge in [-0.2, -0.15) is 0 Å². The summed E-state index contributed by atoms with van der Waals surface area (Å²) in [5, 5.41) is 14.1. The number of carbonyl (C=O) groups excluding carboxylic acids is 1. The number of nitrogens with zero attached hydrogens (tertiary/aromatic N) is 1. The van der Waals surface area contributed by atoms with Crippen LogP contribution in [0, 0.1) is 6.92 Å². The minimum absolute atomic E-state index is 0.0356. The van der Waals surface area contributed by atoms with E-state index in [-0.39, 0.29) is 11.6 Å². The summed E-state index contributed by atoms with van der Waals surface area (Å²) in [7, 11) is 0. The molecule has 5 heteroatoms. The average Bonchev–Trinajstić information content (AvgIpc) is 3.50. The Kier molecular flexibility index (Phi) is 4.59. The van der Waals surface area contributed by atoms with Crippen LogP contribution in [0.25, 0.3) is 21.9 Å². The number of hydrogen-bond donors (Lipinski definition) is 2. The molecular weight excluding hydrogens is 352 g/mol. The van der Waals surface area contributed by atoms with Crippen molar-refractivity contribution in [2.75, 3.05) is 0 Å². The lowest BCUT2D eigenvalue weighted by atomic mass is 9.95. The molecule has 0 unspecified atom stereocenters. The molecule has 1 aromatic heterocycles. The molecule has 1 aliphatic rings. The van der Waals surface area contributed by atoms with E-state index in [2.05, 4.69) is 10.3 Å². The Bertz CT molecular complexity index is 1100. The molecule has 1 amide bonds. The Morgan fingerprint density at radius 1 is 1.14 bits per heavy atom. The lowest BCUT2D eigenvalue weighted by Crippen LogP contribution is -2.25. The largest absolute Gasteiger partial charge is 0.477 e. The third kappa shape index (κ3) is 3.48. The van der Waals surface area contributed by atoms with Crippen LogP contribution in [0.15, 0.2) is 42.5 Å². The number of fused-ring (bicyclic) bond motifs is 1. The highest BCUT2D eigenvalue weighted by Gasteiger charge is 2.24. The molecule has 5 nitrogen and oxygen atoms in total. The molecule has 1 fully saturated rings. The van der Waals surface area contributed by atoms with Crippen LogP contribution in [0.2, 0.25) is 0 Å². The Morgan fingerprint density at radius 3 is 2.61 bits per heavy atom. The van der Waals surface area contributed by atoms with Gasteiger partial charge in [-0.15, -0.1) is 0 Å². The van der Waals surface area contributed by atoms with Gasteiger partial charge in [-0.05, 0) is 72.5 Å². The summed E-state index contributed by atoms with van der Waals surface area (Å²) >= 11 is 0. The van der Waals surface area contributed by atoms with Crippen molar-refractivity contribution in [1.82, 2.24) is 10.3 Å². The number of amides is 1. The van der Waals surface area contributed by atoms with Crippen molar-refractivity contribution < 1.29 is 14.7 Å². The monoisotopic (exact) mass is 374 g/mol. The van der Waals surface area contributed by atoms with Gasteiger partial charge in [0.15, 0.2) is 0 Å². The molecule has 1 heterocycles. The Balaban J connectivity index is 1.79. The number of benzene rings is 2. The standard InChI is InChI=1S/C23H22N2O3/c1-3-20-19-10-14(6-7-15(19)12-21(25-20)23(27)28)18-11-16(5-4-13(18)2)22(26)24-17-8-9-17/h4-7,10-12,17H,3,8-9H2,1-2H3,(H,24,26)(H,27,28). The normalized spacial score (nSPS) is 13.5. The maximum Gasteiger partial charge on any atom is 0.354 e. The van der Waals surface area contributed by atoms with Crippen molar-refractivity contribution in [3.8, 4) is 11.1 Å². The SMILES string of the molecule is CCc1nc(C(=O)O)cc2ccc(-c3cc(C(=O)NC4CC4)ccc3C)cc12. The number of rotatable bonds is 5. The van der Waals surface area contributed by atoms with Gasteiger partial charge in [-0.3, -0.25) is 4.79 Å². The molecule has 0 spiro atoms. The van der Waals surface area contributed by atoms with E-state index in [9.17, 15) is 14.7 Å². The second-order valence-corrected chi connectivity index (χ2v) is 7.33. The van der Waals surface area contributed by atoms with Crippen molar-refractivity contribution in [2.24, 2.45) is 0 Å². The Hall–Kier alpha value is -3.21. The molecule has 1 saturated carbocycles. The second-order valence-electron chi connectivity index (χ2n) is 7.33. The molecule has 28 heavy (non-hydrogen) atoms. The summed E-state index contributed by atoms with van der Waals surface area (Å²) in [6.07, 6.45) is 2.75. The van der Waals surface area contributed by atoms with Crippen molar-refractivity contribution >= 4 is 22.6 Å². The molecular formula is C23H22N2O3. The number of aromatic carboxylic acids is 1. The lowest BCUT2D eigenvalue weighted by molar-refractivity contribution is 0.0690. The van der Waals surface area contributed by atoms with E-state index in [0.29, 0.717) is 18.0 Å². The van der Waals surface area contributed by atoms with Crippen LogP contribution in [0.3, 0.4) is 0 Å². The number of aryl methyl sites for hydroxylation is 2. The molecule has 2 aromatic carbocycles. The number of carbonyl (C=O) groups is 2. The van der Waals surface area contributed by atoms with Crippen LogP contribution in [0.1, 0.15) is 51.9 Å². The second kappa shape index (κ2) is 7.08. The Labute approximate surface area is 163 Å². The minimum atomic E-state index is -1.02. The van der Waals surface area contributed by atoms with E-state index in [1.807, 2.05) is 50.2 Å². The summed E-state index contributed by atoms with van der Waals surface area (Å²) in [5.74, 6) is -1.06. The molecule has 3 aromatic rings. The zero-order chi connectivity index (χ0) is 19.8. The first-order valence-electron chi connectivity index (χ1n) is 9.55. The number of carboxylic acid groups (broad SMARTS) is 1. The first-order valence-corrected chi connectivity index (χ1v) is 9.55. The maximum absolute atomic E-state index is 12.4. The third-order valence-electron chi connectivity index (χ3n) is 5.19. The van der Waals surface area contributed by atoms with Crippen molar-refractivity contribution in [1.29, 1.82) is 0 Å². The van der Waals surface area contributed by atoms with E-state index in [4.69, 9.17) is 0 Å². The van der Waals surface area contributed by atoms with Crippen LogP contribution < -0.4 is 5.32 Å². The molecule has 2 N–H and O–H groups in total. The highest BCUT2D eigenvalue weighted by Crippen LogP contribution is 2.30. The van der Waals surface area contributed by atoms with Gasteiger partial charge >= 0.3 is 5.97 Å². The quantitative estimate of drug-likeness (QED) is 0.695. The van der Waals surface area contributed by atoms with Gasteiger partial charge in [-0.25, -0.2) is 9.78 Å². The summed E-state index contributed by atoms with van der Waals surface area (Å²) in [6, 6.07) is 13.6. The van der Waals surface area contributed by atoms with E-state index in [1.54, 1.807) is 6.07 Å². The summed E-state index contributed by atoms with van der Waals surface area (Å²) in [6.45, 7) is 3.99. The fraction of sp³-hybridized carbons (Fsp3) is 0.261. The smallest absolute Gasteiger partial charge is 0.354 e. The van der Waals surface area contributed by atoms with Gasteiger partial charge in [-0.1, -0.05) is 25.1 Å². The van der Waals surface area contributed by atoms with Crippen LogP contribution in [0.5, 0.6) is 0 Å². The first kappa shape index (κ1) is 18.2. The van der Waals surface area contributed by atoms with Crippen LogP contribution in [-0.4, -0.2) is 28.0 Å². The highest BCUT2D eigenvalue weighted by atomic mass is 16.4. The number of pyridine rings is 1. The fourth-order valence-corrected chi connectivity index (χ4v) is 3.43. The average molecular weight is 374 g/mol. The highest BCUT2D eigenvalue weighted by molar-refractivity contribution is 5.98.